The molecule has 1 aromatic carbocycles. The maximum absolute atomic E-state index is 12.9. The average Bonchev–Trinajstić information content (AvgIpc) is 3.34. The molecule has 0 radical (unpaired) electrons. The molecule has 25 heavy (non-hydrogen) atoms. The number of benzene rings is 1. The molecule has 2 fully saturated rings. The molecule has 2 N–H and O–H groups in total. The van der Waals surface area contributed by atoms with E-state index in [9.17, 15) is 19.5 Å². The number of nitrogens with zero attached hydrogens (tertiary/aromatic N) is 2. The molecule has 8 nitrogen and oxygen atoms in total. The Bertz CT molecular complexity index is 716. The van der Waals surface area contributed by atoms with Crippen molar-refractivity contribution in [3.05, 3.63) is 23.8 Å². The highest BCUT2D eigenvalue weighted by molar-refractivity contribution is 6.01. The van der Waals surface area contributed by atoms with Crippen molar-refractivity contribution in [3.8, 4) is 5.75 Å². The van der Waals surface area contributed by atoms with E-state index in [0.29, 0.717) is 30.1 Å². The minimum atomic E-state index is -1.03. The molecule has 1 aliphatic carbocycles. The number of hydrogen-bond acceptors (Lipinski definition) is 4. The summed E-state index contributed by atoms with van der Waals surface area (Å²) in [7, 11) is 1.50. The topological polar surface area (TPSA) is 99.2 Å². The third-order valence-corrected chi connectivity index (χ3v) is 4.52. The molecule has 0 bridgehead atoms. The van der Waals surface area contributed by atoms with Crippen LogP contribution >= 0.6 is 0 Å². The standard InChI is InChI=1S/C17H21N3O5/c1-10(16(22)23)20(12-4-5-12)15(21)11-3-6-14(25-2)13(9-11)19-8-7-18-17(19)24/h3,6,9-10,12H,4-5,7-8H2,1-2H3,(H,18,24)(H,22,23). The van der Waals surface area contributed by atoms with Crippen LogP contribution in [0.15, 0.2) is 18.2 Å². The molecule has 8 heteroatoms. The van der Waals surface area contributed by atoms with Crippen LogP contribution in [-0.2, 0) is 4.79 Å². The van der Waals surface area contributed by atoms with E-state index in [-0.39, 0.29) is 18.0 Å². The van der Waals surface area contributed by atoms with Crippen LogP contribution in [0.1, 0.15) is 30.1 Å². The molecular formula is C17H21N3O5. The van der Waals surface area contributed by atoms with E-state index in [1.165, 1.54) is 23.8 Å². The highest BCUT2D eigenvalue weighted by Gasteiger charge is 2.39. The molecule has 1 saturated heterocycles. The van der Waals surface area contributed by atoms with Gasteiger partial charge in [-0.2, -0.15) is 0 Å². The zero-order valence-corrected chi connectivity index (χ0v) is 14.2. The first kappa shape index (κ1) is 17.1. The van der Waals surface area contributed by atoms with Crippen LogP contribution in [0.5, 0.6) is 5.75 Å². The Morgan fingerprint density at radius 3 is 2.64 bits per heavy atom. The molecule has 1 saturated carbocycles. The lowest BCUT2D eigenvalue weighted by Gasteiger charge is -2.27. The van der Waals surface area contributed by atoms with Crippen molar-refractivity contribution in [1.29, 1.82) is 0 Å². The number of amides is 3. The Morgan fingerprint density at radius 1 is 1.40 bits per heavy atom. The van der Waals surface area contributed by atoms with Gasteiger partial charge in [-0.25, -0.2) is 9.59 Å². The number of anilines is 1. The number of methoxy groups -OCH3 is 1. The largest absolute Gasteiger partial charge is 0.495 e. The zero-order valence-electron chi connectivity index (χ0n) is 14.2. The van der Waals surface area contributed by atoms with Crippen molar-refractivity contribution >= 4 is 23.6 Å². The summed E-state index contributed by atoms with van der Waals surface area (Å²) in [5, 5.41) is 12.0. The monoisotopic (exact) mass is 347 g/mol. The molecule has 1 aromatic rings. The number of nitrogens with one attached hydrogen (secondary N) is 1. The zero-order chi connectivity index (χ0) is 18.1. The second-order valence-corrected chi connectivity index (χ2v) is 6.23. The SMILES string of the molecule is COc1ccc(C(=O)N(C2CC2)C(C)C(=O)O)cc1N1CCNC1=O. The highest BCUT2D eigenvalue weighted by atomic mass is 16.5. The Labute approximate surface area is 145 Å². The summed E-state index contributed by atoms with van der Waals surface area (Å²) in [6.45, 7) is 2.51. The third-order valence-electron chi connectivity index (χ3n) is 4.52. The molecule has 134 valence electrons. The summed E-state index contributed by atoms with van der Waals surface area (Å²) in [6, 6.07) is 3.63. The van der Waals surface area contributed by atoms with Gasteiger partial charge in [-0.05, 0) is 38.0 Å². The summed E-state index contributed by atoms with van der Waals surface area (Å²) in [5.41, 5.74) is 0.845. The number of rotatable bonds is 6. The van der Waals surface area contributed by atoms with Gasteiger partial charge in [0.25, 0.3) is 5.91 Å². The molecule has 2 aliphatic rings. The number of urea groups is 1. The predicted octanol–water partition coefficient (Wildman–Crippen LogP) is 1.30. The molecule has 0 aromatic heterocycles. The van der Waals surface area contributed by atoms with Crippen LogP contribution < -0.4 is 15.0 Å². The van der Waals surface area contributed by atoms with Crippen molar-refractivity contribution in [3.63, 3.8) is 0 Å². The van der Waals surface area contributed by atoms with Gasteiger partial charge in [0.05, 0.1) is 12.8 Å². The number of carboxylic acids is 1. The summed E-state index contributed by atoms with van der Waals surface area (Å²) in [5.74, 6) is -0.897. The van der Waals surface area contributed by atoms with Crippen LogP contribution in [0.25, 0.3) is 0 Å². The smallest absolute Gasteiger partial charge is 0.326 e. The van der Waals surface area contributed by atoms with Gasteiger partial charge in [-0.3, -0.25) is 9.69 Å². The van der Waals surface area contributed by atoms with Crippen molar-refractivity contribution in [2.45, 2.75) is 31.8 Å². The van der Waals surface area contributed by atoms with Gasteiger partial charge in [-0.1, -0.05) is 0 Å². The van der Waals surface area contributed by atoms with Gasteiger partial charge in [0.2, 0.25) is 0 Å². The fourth-order valence-electron chi connectivity index (χ4n) is 3.01. The lowest BCUT2D eigenvalue weighted by atomic mass is 10.1. The number of carbonyl (C=O) groups excluding carboxylic acids is 2. The second-order valence-electron chi connectivity index (χ2n) is 6.23. The lowest BCUT2D eigenvalue weighted by molar-refractivity contribution is -0.141. The van der Waals surface area contributed by atoms with E-state index in [0.717, 1.165) is 12.8 Å². The first-order valence-electron chi connectivity index (χ1n) is 8.23. The molecule has 0 spiro atoms. The second kappa shape index (κ2) is 6.62. The van der Waals surface area contributed by atoms with E-state index >= 15 is 0 Å². The van der Waals surface area contributed by atoms with Gasteiger partial charge in [0.15, 0.2) is 0 Å². The molecule has 1 heterocycles. The van der Waals surface area contributed by atoms with E-state index in [1.54, 1.807) is 18.2 Å². The van der Waals surface area contributed by atoms with E-state index in [1.807, 2.05) is 0 Å². The third kappa shape index (κ3) is 3.24. The normalized spacial score (nSPS) is 17.8. The van der Waals surface area contributed by atoms with E-state index in [4.69, 9.17) is 4.74 Å². The molecule has 3 rings (SSSR count). The summed E-state index contributed by atoms with van der Waals surface area (Å²) in [6.07, 6.45) is 1.61. The first-order valence-corrected chi connectivity index (χ1v) is 8.23. The maximum atomic E-state index is 12.9. The minimum Gasteiger partial charge on any atom is -0.495 e. The predicted molar refractivity (Wildman–Crippen MR) is 90.0 cm³/mol. The van der Waals surface area contributed by atoms with Gasteiger partial charge in [0, 0.05) is 24.7 Å². The van der Waals surface area contributed by atoms with Crippen LogP contribution in [0, 0.1) is 0 Å². The van der Waals surface area contributed by atoms with Crippen molar-refractivity contribution in [2.75, 3.05) is 25.1 Å². The molecule has 1 atom stereocenters. The fourth-order valence-corrected chi connectivity index (χ4v) is 3.01. The summed E-state index contributed by atoms with van der Waals surface area (Å²) in [4.78, 5) is 39.2. The van der Waals surface area contributed by atoms with Crippen molar-refractivity contribution in [2.24, 2.45) is 0 Å². The van der Waals surface area contributed by atoms with Crippen LogP contribution in [0.4, 0.5) is 10.5 Å². The fraction of sp³-hybridized carbons (Fsp3) is 0.471. The maximum Gasteiger partial charge on any atom is 0.326 e. The first-order chi connectivity index (χ1) is 11.9. The number of aliphatic carboxylic acids is 1. The Hall–Kier alpha value is -2.77. The Morgan fingerprint density at radius 2 is 2.12 bits per heavy atom. The van der Waals surface area contributed by atoms with Gasteiger partial charge in [-0.15, -0.1) is 0 Å². The molecule has 3 amide bonds. The number of carboxylic acid groups (broad SMARTS) is 1. The van der Waals surface area contributed by atoms with E-state index in [2.05, 4.69) is 5.32 Å². The Balaban J connectivity index is 1.94. The van der Waals surface area contributed by atoms with Gasteiger partial charge < -0.3 is 20.1 Å². The Kier molecular flexibility index (Phi) is 4.52. The van der Waals surface area contributed by atoms with Gasteiger partial charge >= 0.3 is 12.0 Å². The van der Waals surface area contributed by atoms with Gasteiger partial charge in [0.1, 0.15) is 11.8 Å². The lowest BCUT2D eigenvalue weighted by Crippen LogP contribution is -2.44. The van der Waals surface area contributed by atoms with E-state index < -0.39 is 12.0 Å². The number of ether oxygens (including phenoxy) is 1. The van der Waals surface area contributed by atoms with Crippen LogP contribution in [0.2, 0.25) is 0 Å². The number of carbonyl (C=O) groups is 3. The quantitative estimate of drug-likeness (QED) is 0.808. The average molecular weight is 347 g/mol. The van der Waals surface area contributed by atoms with Crippen LogP contribution in [0.3, 0.4) is 0 Å². The van der Waals surface area contributed by atoms with Crippen LogP contribution in [-0.4, -0.2) is 60.2 Å². The number of hydrogen-bond donors (Lipinski definition) is 2. The summed E-state index contributed by atoms with van der Waals surface area (Å²) >= 11 is 0. The van der Waals surface area contributed by atoms with Crippen molar-refractivity contribution < 1.29 is 24.2 Å². The molecule has 1 aliphatic heterocycles. The molecule has 1 unspecified atom stereocenters. The minimum absolute atomic E-state index is 0.0424. The van der Waals surface area contributed by atoms with Crippen molar-refractivity contribution in [1.82, 2.24) is 10.2 Å². The highest BCUT2D eigenvalue weighted by Crippen LogP contribution is 2.34. The summed E-state index contributed by atoms with van der Waals surface area (Å²) < 4.78 is 5.31. The molecular weight excluding hydrogens is 326 g/mol.